The third-order valence-electron chi connectivity index (χ3n) is 4.72. The molecule has 7 heteroatoms. The molecule has 0 bridgehead atoms. The van der Waals surface area contributed by atoms with Gasteiger partial charge in [-0.2, -0.15) is 0 Å². The fraction of sp³-hybridized carbons (Fsp3) is 0.471. The maximum absolute atomic E-state index is 13.9. The molecule has 0 unspecified atom stereocenters. The fourth-order valence-corrected chi connectivity index (χ4v) is 3.40. The number of piperidine rings is 1. The first-order valence-corrected chi connectivity index (χ1v) is 7.96. The number of anilines is 1. The van der Waals surface area contributed by atoms with E-state index in [4.69, 9.17) is 4.74 Å². The standard InChI is InChI=1S/C17H19FN2O4/c1-24-17(23)11-6-8-19(9-7-11)14-10-15(21)20(16(14)22)13-5-3-2-4-12(13)18/h2-5,11,14H,6-10H2,1H3/t14-/m1/s1. The first-order valence-electron chi connectivity index (χ1n) is 7.96. The summed E-state index contributed by atoms with van der Waals surface area (Å²) in [5, 5.41) is 0. The maximum atomic E-state index is 13.9. The van der Waals surface area contributed by atoms with Crippen molar-refractivity contribution in [2.24, 2.45) is 5.92 Å². The monoisotopic (exact) mass is 334 g/mol. The molecule has 2 amide bonds. The number of nitrogens with zero attached hydrogens (tertiary/aromatic N) is 2. The van der Waals surface area contributed by atoms with E-state index in [0.717, 1.165) is 4.90 Å². The van der Waals surface area contributed by atoms with Gasteiger partial charge in [-0.1, -0.05) is 12.1 Å². The number of amides is 2. The smallest absolute Gasteiger partial charge is 0.308 e. The van der Waals surface area contributed by atoms with E-state index in [1.165, 1.54) is 25.3 Å². The van der Waals surface area contributed by atoms with Gasteiger partial charge in [-0.3, -0.25) is 19.3 Å². The van der Waals surface area contributed by atoms with Gasteiger partial charge in [0, 0.05) is 0 Å². The lowest BCUT2D eigenvalue weighted by Crippen LogP contribution is -2.47. The van der Waals surface area contributed by atoms with Crippen LogP contribution >= 0.6 is 0 Å². The molecular formula is C17H19FN2O4. The highest BCUT2D eigenvalue weighted by Gasteiger charge is 2.44. The minimum absolute atomic E-state index is 0.000512. The number of halogens is 1. The van der Waals surface area contributed by atoms with Crippen LogP contribution in [0.4, 0.5) is 10.1 Å². The highest BCUT2D eigenvalue weighted by atomic mass is 19.1. The summed E-state index contributed by atoms with van der Waals surface area (Å²) in [7, 11) is 1.36. The number of carbonyl (C=O) groups is 3. The molecule has 1 atom stereocenters. The summed E-state index contributed by atoms with van der Waals surface area (Å²) in [6.45, 7) is 1.07. The number of carbonyl (C=O) groups excluding carboxylic acids is 3. The van der Waals surface area contributed by atoms with Crippen molar-refractivity contribution >= 4 is 23.5 Å². The van der Waals surface area contributed by atoms with Crippen LogP contribution in [-0.4, -0.2) is 48.9 Å². The van der Waals surface area contributed by atoms with Gasteiger partial charge in [0.2, 0.25) is 5.91 Å². The van der Waals surface area contributed by atoms with Crippen molar-refractivity contribution in [1.82, 2.24) is 4.90 Å². The summed E-state index contributed by atoms with van der Waals surface area (Å²) < 4.78 is 18.7. The second-order valence-electron chi connectivity index (χ2n) is 6.07. The molecular weight excluding hydrogens is 315 g/mol. The zero-order valence-electron chi connectivity index (χ0n) is 13.4. The third-order valence-corrected chi connectivity index (χ3v) is 4.72. The summed E-state index contributed by atoms with van der Waals surface area (Å²) in [5.74, 6) is -1.80. The molecule has 2 aliphatic heterocycles. The Morgan fingerprint density at radius 3 is 2.50 bits per heavy atom. The largest absolute Gasteiger partial charge is 0.469 e. The molecule has 3 rings (SSSR count). The quantitative estimate of drug-likeness (QED) is 0.616. The Kier molecular flexibility index (Phi) is 4.62. The zero-order valence-corrected chi connectivity index (χ0v) is 13.4. The van der Waals surface area contributed by atoms with Crippen molar-refractivity contribution < 1.29 is 23.5 Å². The molecule has 24 heavy (non-hydrogen) atoms. The fourth-order valence-electron chi connectivity index (χ4n) is 3.40. The number of hydrogen-bond donors (Lipinski definition) is 0. The van der Waals surface area contributed by atoms with Gasteiger partial charge in [0.05, 0.1) is 31.2 Å². The summed E-state index contributed by atoms with van der Waals surface area (Å²) in [5.41, 5.74) is -0.000512. The average Bonchev–Trinajstić information content (AvgIpc) is 2.89. The van der Waals surface area contributed by atoms with Gasteiger partial charge < -0.3 is 4.74 Å². The Morgan fingerprint density at radius 1 is 1.21 bits per heavy atom. The summed E-state index contributed by atoms with van der Waals surface area (Å²) in [4.78, 5) is 39.3. The second-order valence-corrected chi connectivity index (χ2v) is 6.07. The number of hydrogen-bond acceptors (Lipinski definition) is 5. The lowest BCUT2D eigenvalue weighted by atomic mass is 9.95. The predicted molar refractivity (Wildman–Crippen MR) is 83.6 cm³/mol. The van der Waals surface area contributed by atoms with Crippen molar-refractivity contribution in [2.75, 3.05) is 25.1 Å². The van der Waals surface area contributed by atoms with Crippen LogP contribution in [0.25, 0.3) is 0 Å². The maximum Gasteiger partial charge on any atom is 0.308 e. The molecule has 0 spiro atoms. The average molecular weight is 334 g/mol. The van der Waals surface area contributed by atoms with Crippen LogP contribution in [0.3, 0.4) is 0 Å². The molecule has 0 aliphatic carbocycles. The Hall–Kier alpha value is -2.28. The number of rotatable bonds is 3. The summed E-state index contributed by atoms with van der Waals surface area (Å²) >= 11 is 0. The number of likely N-dealkylation sites (tertiary alicyclic amines) is 1. The van der Waals surface area contributed by atoms with Crippen LogP contribution in [0, 0.1) is 11.7 Å². The third kappa shape index (κ3) is 2.91. The van der Waals surface area contributed by atoms with Gasteiger partial charge in [0.15, 0.2) is 0 Å². The number of ether oxygens (including phenoxy) is 1. The Morgan fingerprint density at radius 2 is 1.88 bits per heavy atom. The lowest BCUT2D eigenvalue weighted by molar-refractivity contribution is -0.147. The molecule has 2 heterocycles. The van der Waals surface area contributed by atoms with Gasteiger partial charge in [-0.05, 0) is 38.1 Å². The highest BCUT2D eigenvalue weighted by Crippen LogP contribution is 2.30. The summed E-state index contributed by atoms with van der Waals surface area (Å²) in [6.07, 6.45) is 1.21. The molecule has 0 radical (unpaired) electrons. The van der Waals surface area contributed by atoms with Crippen molar-refractivity contribution in [2.45, 2.75) is 25.3 Å². The Balaban J connectivity index is 1.71. The van der Waals surface area contributed by atoms with Gasteiger partial charge in [0.25, 0.3) is 5.91 Å². The Bertz CT molecular complexity index is 670. The van der Waals surface area contributed by atoms with Crippen molar-refractivity contribution in [1.29, 1.82) is 0 Å². The van der Waals surface area contributed by atoms with Gasteiger partial charge >= 0.3 is 5.97 Å². The minimum atomic E-state index is -0.593. The normalized spacial score (nSPS) is 22.9. The number of benzene rings is 1. The van der Waals surface area contributed by atoms with Crippen LogP contribution in [-0.2, 0) is 19.1 Å². The molecule has 6 nitrogen and oxygen atoms in total. The molecule has 2 fully saturated rings. The number of imide groups is 1. The van der Waals surface area contributed by atoms with Crippen LogP contribution in [0.1, 0.15) is 19.3 Å². The van der Waals surface area contributed by atoms with E-state index in [0.29, 0.717) is 25.9 Å². The van der Waals surface area contributed by atoms with E-state index in [9.17, 15) is 18.8 Å². The van der Waals surface area contributed by atoms with Crippen molar-refractivity contribution in [3.8, 4) is 0 Å². The molecule has 2 saturated heterocycles. The molecule has 1 aromatic carbocycles. The van der Waals surface area contributed by atoms with Crippen molar-refractivity contribution in [3.63, 3.8) is 0 Å². The Labute approximate surface area is 139 Å². The molecule has 2 aliphatic rings. The van der Waals surface area contributed by atoms with Crippen molar-refractivity contribution in [3.05, 3.63) is 30.1 Å². The van der Waals surface area contributed by atoms with Crippen LogP contribution in [0.2, 0.25) is 0 Å². The lowest BCUT2D eigenvalue weighted by Gasteiger charge is -2.33. The van der Waals surface area contributed by atoms with Gasteiger partial charge in [0.1, 0.15) is 5.82 Å². The molecule has 0 N–H and O–H groups in total. The van der Waals surface area contributed by atoms with E-state index in [1.807, 2.05) is 4.90 Å². The minimum Gasteiger partial charge on any atom is -0.469 e. The molecule has 0 saturated carbocycles. The SMILES string of the molecule is COC(=O)C1CCN([C@@H]2CC(=O)N(c3ccccc3F)C2=O)CC1. The first kappa shape index (κ1) is 16.6. The van der Waals surface area contributed by atoms with E-state index in [2.05, 4.69) is 0 Å². The number of methoxy groups -OCH3 is 1. The summed E-state index contributed by atoms with van der Waals surface area (Å²) in [6, 6.07) is 5.17. The van der Waals surface area contributed by atoms with E-state index < -0.39 is 23.7 Å². The van der Waals surface area contributed by atoms with Crippen LogP contribution in [0.5, 0.6) is 0 Å². The first-order chi connectivity index (χ1) is 11.5. The molecule has 1 aromatic rings. The molecule has 0 aromatic heterocycles. The number of para-hydroxylation sites is 1. The number of esters is 1. The van der Waals surface area contributed by atoms with E-state index in [1.54, 1.807) is 6.07 Å². The van der Waals surface area contributed by atoms with Crippen LogP contribution < -0.4 is 4.90 Å². The predicted octanol–water partition coefficient (Wildman–Crippen LogP) is 1.34. The van der Waals surface area contributed by atoms with E-state index >= 15 is 0 Å². The van der Waals surface area contributed by atoms with Crippen LogP contribution in [0.15, 0.2) is 24.3 Å². The molecule has 128 valence electrons. The zero-order chi connectivity index (χ0) is 17.3. The van der Waals surface area contributed by atoms with E-state index in [-0.39, 0.29) is 24.0 Å². The highest BCUT2D eigenvalue weighted by molar-refractivity contribution is 6.22. The van der Waals surface area contributed by atoms with Gasteiger partial charge in [-0.25, -0.2) is 9.29 Å². The van der Waals surface area contributed by atoms with Gasteiger partial charge in [-0.15, -0.1) is 0 Å². The second kappa shape index (κ2) is 6.68. The topological polar surface area (TPSA) is 66.9 Å².